The quantitative estimate of drug-likeness (QED) is 0.599. The molecule has 0 bridgehead atoms. The summed E-state index contributed by atoms with van der Waals surface area (Å²) in [6.45, 7) is 1.92. The number of aromatic amines is 1. The molecule has 0 fully saturated rings. The number of hydrogen-bond donors (Lipinski definition) is 2. The van der Waals surface area contributed by atoms with Crippen molar-refractivity contribution in [3.05, 3.63) is 53.6 Å². The molecule has 2 N–H and O–H groups in total. The van der Waals surface area contributed by atoms with Crippen LogP contribution in [0.4, 0.5) is 0 Å². The van der Waals surface area contributed by atoms with E-state index in [2.05, 4.69) is 20.5 Å². The molecule has 0 aromatic carbocycles. The molecule has 0 saturated heterocycles. The number of H-pyrrole nitrogens is 1. The summed E-state index contributed by atoms with van der Waals surface area (Å²) in [5.41, 5.74) is 2.95. The Morgan fingerprint density at radius 3 is 3.04 bits per heavy atom. The van der Waals surface area contributed by atoms with Crippen molar-refractivity contribution in [1.82, 2.24) is 29.5 Å². The molecule has 0 saturated carbocycles. The number of carbonyl (C=O) groups excluding carboxylic acids is 1. The van der Waals surface area contributed by atoms with Crippen LogP contribution in [0.3, 0.4) is 0 Å². The van der Waals surface area contributed by atoms with Gasteiger partial charge in [0, 0.05) is 31.0 Å². The normalized spacial score (nSPS) is 12.6. The minimum atomic E-state index is -0.202. The smallest absolute Gasteiger partial charge is 0.269 e. The molecule has 4 aromatic heterocycles. The van der Waals surface area contributed by atoms with Gasteiger partial charge in [-0.25, -0.2) is 4.98 Å². The van der Waals surface area contributed by atoms with E-state index in [1.807, 2.05) is 59.0 Å². The van der Waals surface area contributed by atoms with Crippen LogP contribution in [0.5, 0.6) is 0 Å². The Morgan fingerprint density at radius 1 is 1.42 bits per heavy atom. The Morgan fingerprint density at radius 2 is 2.29 bits per heavy atom. The first-order chi connectivity index (χ1) is 11.6. The van der Waals surface area contributed by atoms with Gasteiger partial charge in [-0.15, -0.1) is 11.3 Å². The summed E-state index contributed by atoms with van der Waals surface area (Å²) in [5, 5.41) is 11.9. The lowest BCUT2D eigenvalue weighted by atomic mass is 10.2. The monoisotopic (exact) mass is 340 g/mol. The summed E-state index contributed by atoms with van der Waals surface area (Å²) in [4.78, 5) is 17.9. The predicted molar refractivity (Wildman–Crippen MR) is 91.9 cm³/mol. The van der Waals surface area contributed by atoms with Crippen LogP contribution >= 0.6 is 11.3 Å². The molecule has 0 aliphatic carbocycles. The second kappa shape index (κ2) is 5.64. The van der Waals surface area contributed by atoms with E-state index < -0.39 is 0 Å². The lowest BCUT2D eigenvalue weighted by molar-refractivity contribution is 0.0934. The highest BCUT2D eigenvalue weighted by Crippen LogP contribution is 2.19. The molecular formula is C16H16N6OS. The topological polar surface area (TPSA) is 80.0 Å². The predicted octanol–water partition coefficient (Wildman–Crippen LogP) is 2.62. The van der Waals surface area contributed by atoms with Crippen molar-refractivity contribution in [1.29, 1.82) is 0 Å². The second-order valence-electron chi connectivity index (χ2n) is 5.62. The van der Waals surface area contributed by atoms with Crippen LogP contribution in [-0.4, -0.2) is 30.1 Å². The van der Waals surface area contributed by atoms with Gasteiger partial charge in [-0.2, -0.15) is 5.10 Å². The molecule has 1 atom stereocenters. The van der Waals surface area contributed by atoms with Crippen LogP contribution in [0.15, 0.2) is 42.2 Å². The number of nitrogens with one attached hydrogen (secondary N) is 2. The number of nitrogens with zero attached hydrogens (tertiary/aromatic N) is 4. The maximum atomic E-state index is 12.4. The highest BCUT2D eigenvalue weighted by molar-refractivity contribution is 7.15. The molecule has 24 heavy (non-hydrogen) atoms. The van der Waals surface area contributed by atoms with Crippen LogP contribution in [0, 0.1) is 0 Å². The van der Waals surface area contributed by atoms with Crippen molar-refractivity contribution in [3.63, 3.8) is 0 Å². The van der Waals surface area contributed by atoms with E-state index in [0.29, 0.717) is 5.69 Å². The molecule has 0 unspecified atom stereocenters. The Kier molecular flexibility index (Phi) is 3.46. The average molecular weight is 340 g/mol. The molecule has 0 radical (unpaired) electrons. The van der Waals surface area contributed by atoms with Crippen molar-refractivity contribution in [2.75, 3.05) is 0 Å². The number of aromatic nitrogens is 5. The molecule has 0 aliphatic rings. The lowest BCUT2D eigenvalue weighted by Gasteiger charge is -2.10. The largest absolute Gasteiger partial charge is 0.349 e. The first-order valence-electron chi connectivity index (χ1n) is 7.52. The van der Waals surface area contributed by atoms with Gasteiger partial charge in [-0.3, -0.25) is 14.3 Å². The fourth-order valence-electron chi connectivity index (χ4n) is 2.60. The molecular weight excluding hydrogens is 324 g/mol. The average Bonchev–Trinajstić information content (AvgIpc) is 3.30. The van der Waals surface area contributed by atoms with E-state index >= 15 is 0 Å². The first kappa shape index (κ1) is 14.7. The van der Waals surface area contributed by atoms with E-state index in [1.165, 1.54) is 0 Å². The van der Waals surface area contributed by atoms with Gasteiger partial charge < -0.3 is 9.88 Å². The fraction of sp³-hybridized carbons (Fsp3) is 0.188. The fourth-order valence-corrected chi connectivity index (χ4v) is 3.31. The van der Waals surface area contributed by atoms with E-state index in [1.54, 1.807) is 17.4 Å². The third-order valence-corrected chi connectivity index (χ3v) is 4.70. The van der Waals surface area contributed by atoms with Gasteiger partial charge >= 0.3 is 0 Å². The molecule has 4 aromatic rings. The standard InChI is InChI=1S/C16H16N6OS/c1-10(13-9-22-6-7-24-16(22)18-13)17-15(23)12-8-11(19-20-12)14-4-3-5-21(14)2/h3-10H,1-2H3,(H,17,23)(H,19,20)/t10-/m0/s1. The third-order valence-electron chi connectivity index (χ3n) is 3.93. The zero-order valence-corrected chi connectivity index (χ0v) is 14.0. The zero-order chi connectivity index (χ0) is 16.7. The number of thiazole rings is 1. The highest BCUT2D eigenvalue weighted by Gasteiger charge is 2.17. The van der Waals surface area contributed by atoms with Gasteiger partial charge in [0.25, 0.3) is 5.91 Å². The summed E-state index contributed by atoms with van der Waals surface area (Å²) in [6.07, 6.45) is 5.82. The molecule has 4 heterocycles. The summed E-state index contributed by atoms with van der Waals surface area (Å²) in [6, 6.07) is 5.46. The minimum Gasteiger partial charge on any atom is -0.349 e. The molecule has 4 rings (SSSR count). The van der Waals surface area contributed by atoms with Crippen LogP contribution < -0.4 is 5.32 Å². The van der Waals surface area contributed by atoms with Gasteiger partial charge in [0.05, 0.1) is 17.4 Å². The maximum absolute atomic E-state index is 12.4. The van der Waals surface area contributed by atoms with E-state index in [9.17, 15) is 4.79 Å². The lowest BCUT2D eigenvalue weighted by Crippen LogP contribution is -2.27. The number of carbonyl (C=O) groups is 1. The number of fused-ring (bicyclic) bond motifs is 1. The molecule has 8 heteroatoms. The summed E-state index contributed by atoms with van der Waals surface area (Å²) < 4.78 is 3.91. The Balaban J connectivity index is 1.51. The van der Waals surface area contributed by atoms with Gasteiger partial charge in [0.1, 0.15) is 11.4 Å². The van der Waals surface area contributed by atoms with Gasteiger partial charge in [-0.1, -0.05) is 0 Å². The number of imidazole rings is 1. The van der Waals surface area contributed by atoms with Crippen molar-refractivity contribution in [2.45, 2.75) is 13.0 Å². The molecule has 1 amide bonds. The highest BCUT2D eigenvalue weighted by atomic mass is 32.1. The van der Waals surface area contributed by atoms with E-state index in [4.69, 9.17) is 0 Å². The first-order valence-corrected chi connectivity index (χ1v) is 8.40. The van der Waals surface area contributed by atoms with Gasteiger partial charge in [0.2, 0.25) is 0 Å². The van der Waals surface area contributed by atoms with Gasteiger partial charge in [0.15, 0.2) is 4.96 Å². The summed E-state index contributed by atoms with van der Waals surface area (Å²) >= 11 is 1.56. The number of rotatable bonds is 4. The molecule has 122 valence electrons. The van der Waals surface area contributed by atoms with Crippen LogP contribution in [-0.2, 0) is 7.05 Å². The SMILES string of the molecule is C[C@H](NC(=O)c1cc(-c2cccn2C)n[nH]1)c1cn2ccsc2n1. The van der Waals surface area contributed by atoms with E-state index in [0.717, 1.165) is 22.0 Å². The number of hydrogen-bond acceptors (Lipinski definition) is 4. The second-order valence-corrected chi connectivity index (χ2v) is 6.50. The van der Waals surface area contributed by atoms with Crippen LogP contribution in [0.1, 0.15) is 29.1 Å². The van der Waals surface area contributed by atoms with Crippen molar-refractivity contribution in [3.8, 4) is 11.4 Å². The Labute approximate surface area is 142 Å². The molecule has 0 aliphatic heterocycles. The minimum absolute atomic E-state index is 0.189. The summed E-state index contributed by atoms with van der Waals surface area (Å²) in [7, 11) is 1.94. The van der Waals surface area contributed by atoms with Crippen molar-refractivity contribution >= 4 is 22.2 Å². The molecule has 7 nitrogen and oxygen atoms in total. The Bertz CT molecular complexity index is 978. The van der Waals surface area contributed by atoms with E-state index in [-0.39, 0.29) is 11.9 Å². The Hall–Kier alpha value is -2.87. The summed E-state index contributed by atoms with van der Waals surface area (Å²) in [5.74, 6) is -0.202. The van der Waals surface area contributed by atoms with Crippen LogP contribution in [0.2, 0.25) is 0 Å². The molecule has 0 spiro atoms. The van der Waals surface area contributed by atoms with Crippen molar-refractivity contribution < 1.29 is 4.79 Å². The van der Waals surface area contributed by atoms with Crippen LogP contribution in [0.25, 0.3) is 16.3 Å². The number of aryl methyl sites for hydroxylation is 1. The third kappa shape index (κ3) is 2.50. The number of amides is 1. The zero-order valence-electron chi connectivity index (χ0n) is 13.2. The van der Waals surface area contributed by atoms with Crippen molar-refractivity contribution in [2.24, 2.45) is 7.05 Å². The van der Waals surface area contributed by atoms with Gasteiger partial charge in [-0.05, 0) is 25.1 Å². The maximum Gasteiger partial charge on any atom is 0.269 e.